The number of carbonyl (C=O) groups excluding carboxylic acids is 2. The molecule has 0 spiro atoms. The number of aryl methyl sites for hydroxylation is 1. The summed E-state index contributed by atoms with van der Waals surface area (Å²) in [6.45, 7) is 5.98. The van der Waals surface area contributed by atoms with Gasteiger partial charge in [0, 0.05) is 10.6 Å². The molecule has 0 fully saturated rings. The molecular weight excluding hydrogens is 423 g/mol. The molecule has 0 aliphatic carbocycles. The lowest BCUT2D eigenvalue weighted by Crippen LogP contribution is -2.15. The average molecular weight is 443 g/mol. The number of ether oxygens (including phenoxy) is 1. The van der Waals surface area contributed by atoms with Gasteiger partial charge in [0.15, 0.2) is 0 Å². The smallest absolute Gasteiger partial charge is 0.344 e. The van der Waals surface area contributed by atoms with E-state index in [2.05, 4.69) is 11.7 Å². The van der Waals surface area contributed by atoms with E-state index in [1.54, 1.807) is 48.5 Å². The summed E-state index contributed by atoms with van der Waals surface area (Å²) in [6, 6.07) is 13.2. The van der Waals surface area contributed by atoms with Gasteiger partial charge >= 0.3 is 5.97 Å². The first-order chi connectivity index (χ1) is 14.5. The molecule has 0 radical (unpaired) electrons. The lowest BCUT2D eigenvalue weighted by Gasteiger charge is -2.10. The quantitative estimate of drug-likeness (QED) is 0.252. The highest BCUT2D eigenvalue weighted by Gasteiger charge is 2.28. The summed E-state index contributed by atoms with van der Waals surface area (Å²) in [5.74, 6) is -0.894. The molecule has 0 atom stereocenters. The van der Waals surface area contributed by atoms with E-state index in [-0.39, 0.29) is 34.4 Å². The SMILES string of the molecule is C=CCn1nc(CCC)c(C(=O)c2ccc(Cl)cc2Cl)c1OC(=O)c1ccccc1. The van der Waals surface area contributed by atoms with Crippen LogP contribution in [-0.2, 0) is 13.0 Å². The van der Waals surface area contributed by atoms with E-state index in [4.69, 9.17) is 27.9 Å². The first-order valence-electron chi connectivity index (χ1n) is 9.43. The van der Waals surface area contributed by atoms with Crippen molar-refractivity contribution >= 4 is 35.0 Å². The van der Waals surface area contributed by atoms with Gasteiger partial charge in [0.2, 0.25) is 11.7 Å². The van der Waals surface area contributed by atoms with E-state index < -0.39 is 5.97 Å². The van der Waals surface area contributed by atoms with Gasteiger partial charge < -0.3 is 4.74 Å². The Morgan fingerprint density at radius 1 is 1.17 bits per heavy atom. The third kappa shape index (κ3) is 4.64. The Morgan fingerprint density at radius 3 is 2.53 bits per heavy atom. The van der Waals surface area contributed by atoms with Gasteiger partial charge in [-0.25, -0.2) is 9.48 Å². The van der Waals surface area contributed by atoms with Crippen LogP contribution in [0.2, 0.25) is 10.0 Å². The largest absolute Gasteiger partial charge is 0.403 e. The predicted molar refractivity (Wildman–Crippen MR) is 118 cm³/mol. The van der Waals surface area contributed by atoms with Crippen molar-refractivity contribution < 1.29 is 14.3 Å². The van der Waals surface area contributed by atoms with Gasteiger partial charge in [0.05, 0.1) is 22.8 Å². The number of hydrogen-bond donors (Lipinski definition) is 0. The maximum Gasteiger partial charge on any atom is 0.344 e. The van der Waals surface area contributed by atoms with Gasteiger partial charge in [-0.3, -0.25) is 4.79 Å². The Kier molecular flexibility index (Phi) is 7.08. The number of carbonyl (C=O) groups is 2. The summed E-state index contributed by atoms with van der Waals surface area (Å²) in [7, 11) is 0. The fraction of sp³-hybridized carbons (Fsp3) is 0.174. The number of ketones is 1. The van der Waals surface area contributed by atoms with Crippen LogP contribution in [0.1, 0.15) is 45.3 Å². The van der Waals surface area contributed by atoms with Crippen molar-refractivity contribution in [3.63, 3.8) is 0 Å². The van der Waals surface area contributed by atoms with Gasteiger partial charge in [-0.05, 0) is 36.8 Å². The summed E-state index contributed by atoms with van der Waals surface area (Å²) in [6.07, 6.45) is 2.91. The fourth-order valence-corrected chi connectivity index (χ4v) is 3.51. The van der Waals surface area contributed by atoms with Gasteiger partial charge in [0.25, 0.3) is 0 Å². The lowest BCUT2D eigenvalue weighted by atomic mass is 10.0. The van der Waals surface area contributed by atoms with Crippen LogP contribution in [0, 0.1) is 0 Å². The van der Waals surface area contributed by atoms with Crippen molar-refractivity contribution in [3.05, 3.63) is 93.6 Å². The van der Waals surface area contributed by atoms with E-state index in [0.29, 0.717) is 22.7 Å². The highest BCUT2D eigenvalue weighted by atomic mass is 35.5. The molecule has 0 aliphatic rings. The molecule has 0 aliphatic heterocycles. The number of halogens is 2. The minimum absolute atomic E-state index is 0.0724. The second-order valence-electron chi connectivity index (χ2n) is 6.56. The molecule has 0 amide bonds. The third-order valence-electron chi connectivity index (χ3n) is 4.37. The van der Waals surface area contributed by atoms with Crippen LogP contribution in [0.5, 0.6) is 5.88 Å². The van der Waals surface area contributed by atoms with E-state index in [0.717, 1.165) is 6.42 Å². The molecule has 7 heteroatoms. The van der Waals surface area contributed by atoms with Crippen molar-refractivity contribution in [1.29, 1.82) is 0 Å². The van der Waals surface area contributed by atoms with Crippen LogP contribution in [0.25, 0.3) is 0 Å². The van der Waals surface area contributed by atoms with Crippen LogP contribution in [-0.4, -0.2) is 21.5 Å². The average Bonchev–Trinajstić information content (AvgIpc) is 3.05. The summed E-state index contributed by atoms with van der Waals surface area (Å²) >= 11 is 12.2. The summed E-state index contributed by atoms with van der Waals surface area (Å²) in [5, 5.41) is 5.14. The van der Waals surface area contributed by atoms with Gasteiger partial charge in [-0.15, -0.1) is 6.58 Å². The summed E-state index contributed by atoms with van der Waals surface area (Å²) in [4.78, 5) is 26.1. The van der Waals surface area contributed by atoms with Gasteiger partial charge in [-0.1, -0.05) is 60.8 Å². The number of allylic oxidation sites excluding steroid dienone is 1. The molecule has 2 aromatic carbocycles. The van der Waals surface area contributed by atoms with Crippen molar-refractivity contribution in [2.45, 2.75) is 26.3 Å². The number of hydrogen-bond acceptors (Lipinski definition) is 4. The monoisotopic (exact) mass is 442 g/mol. The molecule has 154 valence electrons. The Hall–Kier alpha value is -2.89. The van der Waals surface area contributed by atoms with Gasteiger partial charge in [-0.2, -0.15) is 5.10 Å². The maximum atomic E-state index is 13.4. The van der Waals surface area contributed by atoms with Crippen LogP contribution in [0.15, 0.2) is 61.2 Å². The van der Waals surface area contributed by atoms with Crippen LogP contribution >= 0.6 is 23.2 Å². The molecule has 3 aromatic rings. The molecule has 0 N–H and O–H groups in total. The third-order valence-corrected chi connectivity index (χ3v) is 4.92. The topological polar surface area (TPSA) is 61.2 Å². The zero-order valence-corrected chi connectivity index (χ0v) is 17.9. The number of aromatic nitrogens is 2. The number of esters is 1. The normalized spacial score (nSPS) is 10.6. The molecule has 1 aromatic heterocycles. The van der Waals surface area contributed by atoms with Crippen molar-refractivity contribution in [3.8, 4) is 5.88 Å². The Labute approximate surface area is 184 Å². The first-order valence-corrected chi connectivity index (χ1v) is 10.2. The number of rotatable bonds is 8. The van der Waals surface area contributed by atoms with Crippen LogP contribution < -0.4 is 4.74 Å². The number of benzene rings is 2. The highest BCUT2D eigenvalue weighted by Crippen LogP contribution is 2.31. The van der Waals surface area contributed by atoms with Gasteiger partial charge in [0.1, 0.15) is 5.56 Å². The second-order valence-corrected chi connectivity index (χ2v) is 7.40. The Balaban J connectivity index is 2.12. The fourth-order valence-electron chi connectivity index (χ4n) is 3.01. The molecular formula is C23H20Cl2N2O3. The minimum Gasteiger partial charge on any atom is -0.403 e. The highest BCUT2D eigenvalue weighted by molar-refractivity contribution is 6.37. The van der Waals surface area contributed by atoms with E-state index in [1.807, 2.05) is 6.92 Å². The maximum absolute atomic E-state index is 13.4. The lowest BCUT2D eigenvalue weighted by molar-refractivity contribution is 0.0717. The molecule has 5 nitrogen and oxygen atoms in total. The van der Waals surface area contributed by atoms with Crippen molar-refractivity contribution in [2.24, 2.45) is 0 Å². The Bertz CT molecular complexity index is 1090. The predicted octanol–water partition coefficient (Wildman–Crippen LogP) is 5.78. The molecule has 1 heterocycles. The molecule has 0 unspecified atom stereocenters. The van der Waals surface area contributed by atoms with E-state index in [1.165, 1.54) is 10.7 Å². The van der Waals surface area contributed by atoms with E-state index in [9.17, 15) is 9.59 Å². The van der Waals surface area contributed by atoms with Crippen molar-refractivity contribution in [1.82, 2.24) is 9.78 Å². The molecule has 30 heavy (non-hydrogen) atoms. The molecule has 3 rings (SSSR count). The van der Waals surface area contributed by atoms with Crippen LogP contribution in [0.3, 0.4) is 0 Å². The zero-order valence-electron chi connectivity index (χ0n) is 16.4. The molecule has 0 saturated carbocycles. The molecule has 0 saturated heterocycles. The molecule has 0 bridgehead atoms. The Morgan fingerprint density at radius 2 is 1.90 bits per heavy atom. The minimum atomic E-state index is -0.583. The van der Waals surface area contributed by atoms with Crippen molar-refractivity contribution in [2.75, 3.05) is 0 Å². The number of nitrogens with zero attached hydrogens (tertiary/aromatic N) is 2. The first kappa shape index (κ1) is 21.8. The second kappa shape index (κ2) is 9.74. The standard InChI is InChI=1S/C23H20Cl2N2O3/c1-3-8-19-20(21(28)17-12-11-16(24)14-18(17)25)22(27(26-19)13-4-2)30-23(29)15-9-6-5-7-10-15/h4-7,9-12,14H,2-3,8,13H2,1H3. The van der Waals surface area contributed by atoms with Crippen LogP contribution in [0.4, 0.5) is 0 Å². The zero-order chi connectivity index (χ0) is 21.7. The van der Waals surface area contributed by atoms with E-state index >= 15 is 0 Å². The summed E-state index contributed by atoms with van der Waals surface area (Å²) < 4.78 is 7.14. The summed E-state index contributed by atoms with van der Waals surface area (Å²) in [5.41, 5.74) is 1.37.